The average molecular weight is 565 g/mol. The van der Waals surface area contributed by atoms with E-state index in [1.165, 1.54) is 44.9 Å². The Morgan fingerprint density at radius 1 is 0.575 bits per heavy atom. The second-order valence-electron chi connectivity index (χ2n) is 11.0. The van der Waals surface area contributed by atoms with E-state index >= 15 is 0 Å². The van der Waals surface area contributed by atoms with E-state index in [9.17, 15) is 19.5 Å². The number of esters is 2. The van der Waals surface area contributed by atoms with E-state index in [2.05, 4.69) is 19.9 Å². The van der Waals surface area contributed by atoms with Crippen LogP contribution in [0.1, 0.15) is 155 Å². The molecule has 0 heterocycles. The van der Waals surface area contributed by atoms with E-state index in [0.717, 1.165) is 77.0 Å². The topological polar surface area (TPSA) is 89.9 Å². The third-order valence-corrected chi connectivity index (χ3v) is 6.92. The Morgan fingerprint density at radius 2 is 1.00 bits per heavy atom. The van der Waals surface area contributed by atoms with Gasteiger partial charge in [-0.2, -0.15) is 0 Å². The first kappa shape index (κ1) is 38.0. The number of allylic oxidation sites excluding steroid dienone is 4. The van der Waals surface area contributed by atoms with Gasteiger partial charge in [-0.15, -0.1) is 0 Å². The monoisotopic (exact) mass is 564 g/mol. The van der Waals surface area contributed by atoms with Gasteiger partial charge in [-0.05, 0) is 38.2 Å². The highest BCUT2D eigenvalue weighted by Gasteiger charge is 2.12. The van der Waals surface area contributed by atoms with Gasteiger partial charge >= 0.3 is 11.9 Å². The Labute approximate surface area is 245 Å². The Morgan fingerprint density at radius 3 is 1.52 bits per heavy atom. The highest BCUT2D eigenvalue weighted by molar-refractivity contribution is 5.89. The van der Waals surface area contributed by atoms with Crippen molar-refractivity contribution in [2.24, 2.45) is 0 Å². The van der Waals surface area contributed by atoms with Crippen LogP contribution in [0.2, 0.25) is 0 Å². The van der Waals surface area contributed by atoms with Gasteiger partial charge in [0, 0.05) is 19.3 Å². The van der Waals surface area contributed by atoms with Crippen molar-refractivity contribution in [3.05, 3.63) is 24.3 Å². The first-order valence-electron chi connectivity index (χ1n) is 16.3. The molecule has 0 aliphatic carbocycles. The minimum absolute atomic E-state index is 0.136. The zero-order valence-corrected chi connectivity index (χ0v) is 25.8. The van der Waals surface area contributed by atoms with Crippen LogP contribution in [0.3, 0.4) is 0 Å². The highest BCUT2D eigenvalue weighted by Crippen LogP contribution is 2.12. The first-order chi connectivity index (χ1) is 19.5. The quantitative estimate of drug-likeness (QED) is 0.0423. The molecule has 6 heteroatoms. The Bertz CT molecular complexity index is 669. The van der Waals surface area contributed by atoms with E-state index in [0.29, 0.717) is 19.3 Å². The Hall–Kier alpha value is -1.95. The van der Waals surface area contributed by atoms with Gasteiger partial charge in [0.25, 0.3) is 0 Å². The number of hydrogen-bond acceptors (Lipinski definition) is 6. The van der Waals surface area contributed by atoms with Gasteiger partial charge in [0.05, 0.1) is 0 Å². The predicted molar refractivity (Wildman–Crippen MR) is 164 cm³/mol. The number of aliphatic hydroxyl groups is 1. The van der Waals surface area contributed by atoms with Crippen molar-refractivity contribution in [1.29, 1.82) is 0 Å². The van der Waals surface area contributed by atoms with Crippen LogP contribution in [0.4, 0.5) is 0 Å². The molecular weight excluding hydrogens is 504 g/mol. The van der Waals surface area contributed by atoms with Crippen LogP contribution >= 0.6 is 0 Å². The predicted octanol–water partition coefficient (Wildman–Crippen LogP) is 8.74. The summed E-state index contributed by atoms with van der Waals surface area (Å²) in [6.07, 6.45) is 29.2. The number of carbonyl (C=O) groups is 3. The number of rotatable bonds is 29. The normalized spacial score (nSPS) is 12.3. The van der Waals surface area contributed by atoms with E-state index < -0.39 is 6.10 Å². The lowest BCUT2D eigenvalue weighted by Crippen LogP contribution is -2.25. The molecule has 0 radical (unpaired) electrons. The zero-order chi connectivity index (χ0) is 29.5. The molecule has 1 N–H and O–H groups in total. The molecule has 0 aromatic heterocycles. The molecule has 40 heavy (non-hydrogen) atoms. The van der Waals surface area contributed by atoms with Gasteiger partial charge in [-0.25, -0.2) is 0 Å². The molecule has 0 aromatic rings. The standard InChI is InChI=1S/C34H60O6/c1-3-5-7-8-9-10-13-16-19-23-27-33(37)39-29-32(36)30-40-34(38)28-24-20-17-14-11-12-15-18-22-26-31(35)25-21-6-4-2/h15,18,22,26,32,36H,3-14,16-17,19-21,23-25,27-30H2,1-2H3/b18-15-,26-22+/t32-/m1/s1. The maximum atomic E-state index is 11.9. The number of aliphatic hydroxyl groups excluding tert-OH is 1. The summed E-state index contributed by atoms with van der Waals surface area (Å²) < 4.78 is 10.2. The van der Waals surface area contributed by atoms with E-state index in [-0.39, 0.29) is 30.9 Å². The molecule has 0 fully saturated rings. The number of unbranched alkanes of at least 4 members (excludes halogenated alkanes) is 16. The maximum Gasteiger partial charge on any atom is 0.305 e. The van der Waals surface area contributed by atoms with E-state index in [1.807, 2.05) is 12.2 Å². The van der Waals surface area contributed by atoms with Crippen LogP contribution in [-0.2, 0) is 23.9 Å². The van der Waals surface area contributed by atoms with Crippen molar-refractivity contribution in [3.8, 4) is 0 Å². The molecule has 0 amide bonds. The second-order valence-corrected chi connectivity index (χ2v) is 11.0. The molecule has 0 spiro atoms. The van der Waals surface area contributed by atoms with Crippen molar-refractivity contribution in [3.63, 3.8) is 0 Å². The van der Waals surface area contributed by atoms with Gasteiger partial charge in [-0.3, -0.25) is 14.4 Å². The first-order valence-corrected chi connectivity index (χ1v) is 16.3. The highest BCUT2D eigenvalue weighted by atomic mass is 16.6. The molecule has 0 bridgehead atoms. The molecular formula is C34H60O6. The third-order valence-electron chi connectivity index (χ3n) is 6.92. The van der Waals surface area contributed by atoms with Crippen molar-refractivity contribution in [2.45, 2.75) is 161 Å². The minimum Gasteiger partial charge on any atom is -0.463 e. The van der Waals surface area contributed by atoms with Gasteiger partial charge in [0.15, 0.2) is 5.78 Å². The van der Waals surface area contributed by atoms with Crippen LogP contribution in [0.15, 0.2) is 24.3 Å². The molecule has 6 nitrogen and oxygen atoms in total. The molecule has 1 atom stereocenters. The van der Waals surface area contributed by atoms with Crippen molar-refractivity contribution in [1.82, 2.24) is 0 Å². The molecule has 0 aliphatic rings. The smallest absolute Gasteiger partial charge is 0.305 e. The van der Waals surface area contributed by atoms with Gasteiger partial charge < -0.3 is 14.6 Å². The van der Waals surface area contributed by atoms with Crippen LogP contribution in [-0.4, -0.2) is 42.1 Å². The maximum absolute atomic E-state index is 11.9. The van der Waals surface area contributed by atoms with Gasteiger partial charge in [0.1, 0.15) is 19.3 Å². The van der Waals surface area contributed by atoms with Crippen LogP contribution in [0.5, 0.6) is 0 Å². The molecule has 0 aromatic carbocycles. The SMILES string of the molecule is CCCCCCCCCCCCC(=O)OC[C@@H](O)COC(=O)CCCCCCC/C=C\C=C\C(=O)CCCCC. The summed E-state index contributed by atoms with van der Waals surface area (Å²) in [6.45, 7) is 4.09. The minimum atomic E-state index is -0.984. The fraction of sp³-hybridized carbons (Fsp3) is 0.794. The number of hydrogen-bond donors (Lipinski definition) is 1. The van der Waals surface area contributed by atoms with Crippen LogP contribution in [0, 0.1) is 0 Å². The van der Waals surface area contributed by atoms with Crippen molar-refractivity contribution in [2.75, 3.05) is 13.2 Å². The summed E-state index contributed by atoms with van der Waals surface area (Å²) >= 11 is 0. The summed E-state index contributed by atoms with van der Waals surface area (Å²) in [5.74, 6) is -0.427. The van der Waals surface area contributed by atoms with Gasteiger partial charge in [0.2, 0.25) is 0 Å². The summed E-state index contributed by atoms with van der Waals surface area (Å²) in [4.78, 5) is 35.4. The number of carbonyl (C=O) groups excluding carboxylic acids is 3. The van der Waals surface area contributed by atoms with Crippen LogP contribution in [0.25, 0.3) is 0 Å². The van der Waals surface area contributed by atoms with E-state index in [1.54, 1.807) is 6.08 Å². The Balaban J connectivity index is 3.54. The summed E-state index contributed by atoms with van der Waals surface area (Å²) in [5.41, 5.74) is 0. The number of ketones is 1. The number of ether oxygens (including phenoxy) is 2. The lowest BCUT2D eigenvalue weighted by atomic mass is 10.1. The molecule has 0 rings (SSSR count). The molecule has 0 aliphatic heterocycles. The Kier molecular flexibility index (Phi) is 28.6. The molecule has 0 saturated heterocycles. The van der Waals surface area contributed by atoms with Crippen molar-refractivity contribution < 1.29 is 29.0 Å². The molecule has 0 unspecified atom stereocenters. The fourth-order valence-corrected chi connectivity index (χ4v) is 4.36. The summed E-state index contributed by atoms with van der Waals surface area (Å²) in [7, 11) is 0. The fourth-order valence-electron chi connectivity index (χ4n) is 4.36. The summed E-state index contributed by atoms with van der Waals surface area (Å²) in [5, 5.41) is 9.93. The summed E-state index contributed by atoms with van der Waals surface area (Å²) in [6, 6.07) is 0. The van der Waals surface area contributed by atoms with E-state index in [4.69, 9.17) is 9.47 Å². The average Bonchev–Trinajstić information content (AvgIpc) is 2.94. The van der Waals surface area contributed by atoms with Gasteiger partial charge in [-0.1, -0.05) is 122 Å². The lowest BCUT2D eigenvalue weighted by Gasteiger charge is -2.12. The third kappa shape index (κ3) is 29.0. The van der Waals surface area contributed by atoms with Crippen LogP contribution < -0.4 is 0 Å². The second kappa shape index (κ2) is 30.0. The molecule has 0 saturated carbocycles. The largest absolute Gasteiger partial charge is 0.463 e. The van der Waals surface area contributed by atoms with Crippen molar-refractivity contribution >= 4 is 17.7 Å². The lowest BCUT2D eigenvalue weighted by molar-refractivity contribution is -0.152. The zero-order valence-electron chi connectivity index (χ0n) is 25.8. The molecule has 232 valence electrons.